The van der Waals surface area contributed by atoms with Crippen molar-refractivity contribution in [2.45, 2.75) is 13.0 Å². The van der Waals surface area contributed by atoms with Crippen molar-refractivity contribution < 1.29 is 9.59 Å². The Kier molecular flexibility index (Phi) is 4.89. The van der Waals surface area contributed by atoms with Gasteiger partial charge >= 0.3 is 0 Å². The van der Waals surface area contributed by atoms with Gasteiger partial charge in [-0.25, -0.2) is 0 Å². The molecular formula is C6H12N2O2S. The first-order chi connectivity index (χ1) is 5.04. The molecule has 0 fully saturated rings. The van der Waals surface area contributed by atoms with Crippen molar-refractivity contribution in [3.05, 3.63) is 0 Å². The lowest BCUT2D eigenvalue weighted by Gasteiger charge is -2.04. The normalized spacial score (nSPS) is 12.5. The van der Waals surface area contributed by atoms with Crippen LogP contribution in [0.1, 0.15) is 6.92 Å². The van der Waals surface area contributed by atoms with Crippen LogP contribution in [0.2, 0.25) is 0 Å². The van der Waals surface area contributed by atoms with Crippen molar-refractivity contribution >= 4 is 23.5 Å². The highest BCUT2D eigenvalue weighted by Gasteiger charge is 2.07. The Bertz CT molecular complexity index is 161. The molecule has 0 aliphatic rings. The summed E-state index contributed by atoms with van der Waals surface area (Å²) in [6.07, 6.45) is 0. The molecule has 0 heterocycles. The van der Waals surface area contributed by atoms with Gasteiger partial charge in [0.1, 0.15) is 5.78 Å². The fourth-order valence-corrected chi connectivity index (χ4v) is 1.21. The van der Waals surface area contributed by atoms with E-state index in [0.29, 0.717) is 5.75 Å². The van der Waals surface area contributed by atoms with E-state index in [1.807, 2.05) is 0 Å². The Morgan fingerprint density at radius 3 is 2.45 bits per heavy atom. The summed E-state index contributed by atoms with van der Waals surface area (Å²) in [5, 5.41) is 0. The highest BCUT2D eigenvalue weighted by molar-refractivity contribution is 8.00. The van der Waals surface area contributed by atoms with Gasteiger partial charge < -0.3 is 11.5 Å². The maximum Gasteiger partial charge on any atom is 0.227 e. The smallest absolute Gasteiger partial charge is 0.227 e. The van der Waals surface area contributed by atoms with Crippen LogP contribution in [0, 0.1) is 0 Å². The SMILES string of the molecule is CC(=O)[C@@H](N)CSCC(N)=O. The molecule has 0 aromatic carbocycles. The summed E-state index contributed by atoms with van der Waals surface area (Å²) in [4.78, 5) is 20.8. The summed E-state index contributed by atoms with van der Waals surface area (Å²) in [5.74, 6) is 0.229. The fourth-order valence-electron chi connectivity index (χ4n) is 0.404. The average Bonchev–Trinajstić information content (AvgIpc) is 1.86. The standard InChI is InChI=1S/C6H12N2O2S/c1-4(9)5(7)2-11-3-6(8)10/h5H,2-3,7H2,1H3,(H2,8,10)/t5-/m0/s1. The van der Waals surface area contributed by atoms with E-state index in [4.69, 9.17) is 11.5 Å². The lowest BCUT2D eigenvalue weighted by atomic mass is 10.3. The molecule has 0 aliphatic heterocycles. The molecule has 0 saturated carbocycles. The van der Waals surface area contributed by atoms with E-state index in [1.165, 1.54) is 18.7 Å². The van der Waals surface area contributed by atoms with Crippen LogP contribution in [0.4, 0.5) is 0 Å². The third-order valence-corrected chi connectivity index (χ3v) is 2.15. The number of Topliss-reactive ketones (excluding diaryl/α,β-unsaturated/α-hetero) is 1. The summed E-state index contributed by atoms with van der Waals surface area (Å²) in [7, 11) is 0. The van der Waals surface area contributed by atoms with Crippen molar-refractivity contribution in [1.29, 1.82) is 0 Å². The van der Waals surface area contributed by atoms with Gasteiger partial charge in [0.2, 0.25) is 5.91 Å². The summed E-state index contributed by atoms with van der Waals surface area (Å²) >= 11 is 1.28. The minimum Gasteiger partial charge on any atom is -0.369 e. The van der Waals surface area contributed by atoms with Crippen molar-refractivity contribution in [3.63, 3.8) is 0 Å². The average molecular weight is 176 g/mol. The summed E-state index contributed by atoms with van der Waals surface area (Å²) in [6.45, 7) is 1.43. The second-order valence-electron chi connectivity index (χ2n) is 2.20. The van der Waals surface area contributed by atoms with Gasteiger partial charge in [-0.05, 0) is 6.92 Å². The van der Waals surface area contributed by atoms with Crippen molar-refractivity contribution in [1.82, 2.24) is 0 Å². The van der Waals surface area contributed by atoms with Gasteiger partial charge in [0.05, 0.1) is 11.8 Å². The van der Waals surface area contributed by atoms with Gasteiger partial charge in [-0.1, -0.05) is 0 Å². The largest absolute Gasteiger partial charge is 0.369 e. The first-order valence-corrected chi connectivity index (χ1v) is 4.31. The zero-order valence-corrected chi connectivity index (χ0v) is 7.19. The number of thioether (sulfide) groups is 1. The molecule has 1 atom stereocenters. The Morgan fingerprint density at radius 2 is 2.09 bits per heavy atom. The van der Waals surface area contributed by atoms with Crippen LogP contribution < -0.4 is 11.5 Å². The molecule has 0 rings (SSSR count). The number of ketones is 1. The van der Waals surface area contributed by atoms with E-state index >= 15 is 0 Å². The Balaban J connectivity index is 3.39. The number of hydrogen-bond acceptors (Lipinski definition) is 4. The van der Waals surface area contributed by atoms with Gasteiger partial charge in [-0.15, -0.1) is 11.8 Å². The van der Waals surface area contributed by atoms with Crippen molar-refractivity contribution in [2.75, 3.05) is 11.5 Å². The first-order valence-electron chi connectivity index (χ1n) is 3.16. The highest BCUT2D eigenvalue weighted by Crippen LogP contribution is 2.00. The Labute approximate surface area is 69.7 Å². The van der Waals surface area contributed by atoms with E-state index < -0.39 is 6.04 Å². The van der Waals surface area contributed by atoms with Gasteiger partial charge in [-0.2, -0.15) is 0 Å². The molecule has 11 heavy (non-hydrogen) atoms. The molecule has 0 saturated heterocycles. The molecule has 0 spiro atoms. The number of amides is 1. The summed E-state index contributed by atoms with van der Waals surface area (Å²) in [5.41, 5.74) is 10.2. The second kappa shape index (κ2) is 5.15. The predicted octanol–water partition coefficient (Wildman–Crippen LogP) is -0.879. The molecule has 4 N–H and O–H groups in total. The van der Waals surface area contributed by atoms with Crippen LogP contribution in [0.25, 0.3) is 0 Å². The topological polar surface area (TPSA) is 86.2 Å². The Hall–Kier alpha value is -0.550. The molecule has 0 aromatic heterocycles. The fraction of sp³-hybridized carbons (Fsp3) is 0.667. The van der Waals surface area contributed by atoms with Gasteiger partial charge in [0, 0.05) is 5.75 Å². The van der Waals surface area contributed by atoms with Gasteiger partial charge in [-0.3, -0.25) is 9.59 Å². The van der Waals surface area contributed by atoms with Crippen molar-refractivity contribution in [2.24, 2.45) is 11.5 Å². The molecule has 0 unspecified atom stereocenters. The minimum atomic E-state index is -0.473. The minimum absolute atomic E-state index is 0.0676. The summed E-state index contributed by atoms with van der Waals surface area (Å²) in [6, 6.07) is -0.473. The third-order valence-electron chi connectivity index (χ3n) is 1.06. The molecule has 0 aromatic rings. The molecule has 1 amide bonds. The molecule has 0 aliphatic carbocycles. The number of carbonyl (C=O) groups excluding carboxylic acids is 2. The number of carbonyl (C=O) groups is 2. The molecule has 5 heteroatoms. The molecule has 0 radical (unpaired) electrons. The maximum absolute atomic E-state index is 10.6. The molecule has 64 valence electrons. The number of primary amides is 1. The first kappa shape index (κ1) is 10.4. The van der Waals surface area contributed by atoms with Crippen LogP contribution in [0.3, 0.4) is 0 Å². The van der Waals surface area contributed by atoms with Crippen molar-refractivity contribution in [3.8, 4) is 0 Å². The van der Waals surface area contributed by atoms with E-state index in [1.54, 1.807) is 0 Å². The lowest BCUT2D eigenvalue weighted by molar-refractivity contribution is -0.118. The third kappa shape index (κ3) is 5.87. The van der Waals surface area contributed by atoms with Crippen LogP contribution in [-0.2, 0) is 9.59 Å². The van der Waals surface area contributed by atoms with E-state index in [2.05, 4.69) is 0 Å². The van der Waals surface area contributed by atoms with Crippen LogP contribution >= 0.6 is 11.8 Å². The second-order valence-corrected chi connectivity index (χ2v) is 3.23. The predicted molar refractivity (Wildman–Crippen MR) is 45.2 cm³/mol. The Morgan fingerprint density at radius 1 is 1.55 bits per heavy atom. The van der Waals surface area contributed by atoms with Crippen LogP contribution in [-0.4, -0.2) is 29.2 Å². The molecule has 0 bridgehead atoms. The highest BCUT2D eigenvalue weighted by atomic mass is 32.2. The maximum atomic E-state index is 10.6. The quantitative estimate of drug-likeness (QED) is 0.569. The summed E-state index contributed by atoms with van der Waals surface area (Å²) < 4.78 is 0. The molecule has 4 nitrogen and oxygen atoms in total. The van der Waals surface area contributed by atoms with E-state index in [-0.39, 0.29) is 17.4 Å². The monoisotopic (exact) mass is 176 g/mol. The zero-order chi connectivity index (χ0) is 8.85. The van der Waals surface area contributed by atoms with Crippen LogP contribution in [0.5, 0.6) is 0 Å². The molecular weight excluding hydrogens is 164 g/mol. The zero-order valence-electron chi connectivity index (χ0n) is 6.37. The van der Waals surface area contributed by atoms with E-state index in [0.717, 1.165) is 0 Å². The number of rotatable bonds is 5. The van der Waals surface area contributed by atoms with Gasteiger partial charge in [0.15, 0.2) is 0 Å². The number of hydrogen-bond donors (Lipinski definition) is 2. The van der Waals surface area contributed by atoms with Crippen LogP contribution in [0.15, 0.2) is 0 Å². The number of nitrogens with two attached hydrogens (primary N) is 2. The van der Waals surface area contributed by atoms with Gasteiger partial charge in [0.25, 0.3) is 0 Å². The lowest BCUT2D eigenvalue weighted by Crippen LogP contribution is -2.31. The van der Waals surface area contributed by atoms with E-state index in [9.17, 15) is 9.59 Å².